The molecule has 1 saturated carbocycles. The number of amides is 1. The van der Waals surface area contributed by atoms with Gasteiger partial charge in [0.2, 0.25) is 5.82 Å². The van der Waals surface area contributed by atoms with Gasteiger partial charge in [-0.15, -0.1) is 5.10 Å². The van der Waals surface area contributed by atoms with Crippen LogP contribution in [0.5, 0.6) is 0 Å². The first-order valence-corrected chi connectivity index (χ1v) is 7.80. The van der Waals surface area contributed by atoms with E-state index in [4.69, 9.17) is 0 Å². The van der Waals surface area contributed by atoms with Crippen LogP contribution in [0.3, 0.4) is 0 Å². The number of carbonyl (C=O) groups is 1. The molecule has 1 aromatic heterocycles. The summed E-state index contributed by atoms with van der Waals surface area (Å²) in [7, 11) is 1.87. The van der Waals surface area contributed by atoms with Gasteiger partial charge in [0.15, 0.2) is 0 Å². The molecule has 1 N–H and O–H groups in total. The summed E-state index contributed by atoms with van der Waals surface area (Å²) in [5.41, 5.74) is 0.281. The highest BCUT2D eigenvalue weighted by atomic mass is 16.2. The molecule has 0 aromatic carbocycles. The minimum Gasteiger partial charge on any atom is -0.336 e. The van der Waals surface area contributed by atoms with Crippen LogP contribution in [0.15, 0.2) is 0 Å². The molecule has 118 valence electrons. The van der Waals surface area contributed by atoms with Crippen LogP contribution >= 0.6 is 0 Å². The second kappa shape index (κ2) is 5.43. The molecule has 0 bridgehead atoms. The first-order valence-electron chi connectivity index (χ1n) is 7.80. The van der Waals surface area contributed by atoms with Crippen molar-refractivity contribution in [3.05, 3.63) is 11.6 Å². The molecule has 0 unspecified atom stereocenters. The van der Waals surface area contributed by atoms with Crippen LogP contribution in [0.4, 0.5) is 0 Å². The van der Waals surface area contributed by atoms with Gasteiger partial charge in [0.05, 0.1) is 0 Å². The fraction of sp³-hybridized carbons (Fsp3) is 0.812. The smallest absolute Gasteiger partial charge is 0.293 e. The van der Waals surface area contributed by atoms with Crippen molar-refractivity contribution in [3.63, 3.8) is 0 Å². The van der Waals surface area contributed by atoms with Crippen molar-refractivity contribution < 1.29 is 4.79 Å². The Morgan fingerprint density at radius 1 is 1.29 bits per heavy atom. The largest absolute Gasteiger partial charge is 0.336 e. The van der Waals surface area contributed by atoms with Crippen LogP contribution in [0.2, 0.25) is 0 Å². The molecule has 0 atom stereocenters. The number of rotatable bonds is 2. The summed E-state index contributed by atoms with van der Waals surface area (Å²) in [4.78, 5) is 18.7. The molecule has 2 rings (SSSR count). The Hall–Kier alpha value is -1.39. The first-order chi connectivity index (χ1) is 9.60. The zero-order chi connectivity index (χ0) is 15.8. The number of nitrogens with zero attached hydrogens (tertiary/aromatic N) is 3. The summed E-state index contributed by atoms with van der Waals surface area (Å²) in [6, 6.07) is 0.308. The number of H-pyrrole nitrogens is 1. The molecule has 21 heavy (non-hydrogen) atoms. The van der Waals surface area contributed by atoms with Gasteiger partial charge in [0.25, 0.3) is 5.91 Å². The summed E-state index contributed by atoms with van der Waals surface area (Å²) < 4.78 is 0. The van der Waals surface area contributed by atoms with E-state index >= 15 is 0 Å². The Morgan fingerprint density at radius 3 is 2.33 bits per heavy atom. The Balaban J connectivity index is 2.04. The van der Waals surface area contributed by atoms with Crippen molar-refractivity contribution in [3.8, 4) is 0 Å². The predicted octanol–water partition coefficient (Wildman–Crippen LogP) is 3.14. The van der Waals surface area contributed by atoms with Crippen LogP contribution in [-0.4, -0.2) is 39.1 Å². The standard InChI is InChI=1S/C16H28N4O/c1-15(2,3)14-17-12(18-19-14)13(21)20(6)11-7-9-16(4,5)10-8-11/h11H,7-10H2,1-6H3,(H,17,18,19). The highest BCUT2D eigenvalue weighted by Gasteiger charge is 2.32. The lowest BCUT2D eigenvalue weighted by Gasteiger charge is -2.38. The van der Waals surface area contributed by atoms with E-state index in [1.165, 1.54) is 0 Å². The highest BCUT2D eigenvalue weighted by molar-refractivity contribution is 5.90. The van der Waals surface area contributed by atoms with Gasteiger partial charge in [-0.25, -0.2) is 4.98 Å². The average molecular weight is 292 g/mol. The first kappa shape index (κ1) is 16.0. The van der Waals surface area contributed by atoms with Crippen LogP contribution in [0.1, 0.15) is 76.7 Å². The van der Waals surface area contributed by atoms with E-state index in [9.17, 15) is 4.79 Å². The lowest BCUT2D eigenvalue weighted by atomic mass is 9.75. The van der Waals surface area contributed by atoms with Gasteiger partial charge in [0.1, 0.15) is 5.82 Å². The molecule has 1 aliphatic rings. The summed E-state index contributed by atoms with van der Waals surface area (Å²) in [6.45, 7) is 10.8. The van der Waals surface area contributed by atoms with Gasteiger partial charge < -0.3 is 4.90 Å². The number of aromatic nitrogens is 3. The molecule has 0 radical (unpaired) electrons. The quantitative estimate of drug-likeness (QED) is 0.911. The molecular formula is C16H28N4O. The molecule has 1 fully saturated rings. The van der Waals surface area contributed by atoms with E-state index in [1.807, 2.05) is 11.9 Å². The van der Waals surface area contributed by atoms with Gasteiger partial charge in [-0.05, 0) is 31.1 Å². The molecular weight excluding hydrogens is 264 g/mol. The van der Waals surface area contributed by atoms with Crippen molar-refractivity contribution in [2.75, 3.05) is 7.05 Å². The van der Waals surface area contributed by atoms with Crippen LogP contribution in [0.25, 0.3) is 0 Å². The predicted molar refractivity (Wildman–Crippen MR) is 83.2 cm³/mol. The third kappa shape index (κ3) is 3.63. The Kier molecular flexibility index (Phi) is 4.13. The lowest BCUT2D eigenvalue weighted by molar-refractivity contribution is 0.0624. The minimum absolute atomic E-state index is 0.0774. The maximum absolute atomic E-state index is 12.5. The number of nitrogens with one attached hydrogen (secondary N) is 1. The molecule has 1 aromatic rings. The van der Waals surface area contributed by atoms with E-state index < -0.39 is 0 Å². The highest BCUT2D eigenvalue weighted by Crippen LogP contribution is 2.36. The third-order valence-corrected chi connectivity index (χ3v) is 4.56. The number of aromatic amines is 1. The normalized spacial score (nSPS) is 19.5. The molecule has 0 aliphatic heterocycles. The average Bonchev–Trinajstić information content (AvgIpc) is 2.86. The van der Waals surface area contributed by atoms with E-state index in [0.29, 0.717) is 11.5 Å². The molecule has 5 heteroatoms. The lowest BCUT2D eigenvalue weighted by Crippen LogP contribution is -2.41. The van der Waals surface area contributed by atoms with Crippen molar-refractivity contribution >= 4 is 5.91 Å². The van der Waals surface area contributed by atoms with Gasteiger partial charge in [-0.3, -0.25) is 9.89 Å². The van der Waals surface area contributed by atoms with Crippen molar-refractivity contribution in [2.24, 2.45) is 5.41 Å². The molecule has 1 amide bonds. The minimum atomic E-state index is -0.126. The topological polar surface area (TPSA) is 61.9 Å². The van der Waals surface area contributed by atoms with Crippen LogP contribution in [0, 0.1) is 5.41 Å². The summed E-state index contributed by atoms with van der Waals surface area (Å²) in [6.07, 6.45) is 4.45. The van der Waals surface area contributed by atoms with E-state index in [1.54, 1.807) is 0 Å². The molecule has 1 heterocycles. The zero-order valence-electron chi connectivity index (χ0n) is 14.2. The monoisotopic (exact) mass is 292 g/mol. The van der Waals surface area contributed by atoms with Gasteiger partial charge in [-0.1, -0.05) is 34.6 Å². The van der Waals surface area contributed by atoms with E-state index in [2.05, 4.69) is 49.8 Å². The molecule has 0 spiro atoms. The number of hydrogen-bond donors (Lipinski definition) is 1. The number of carbonyl (C=O) groups excluding carboxylic acids is 1. The second-order valence-electron chi connectivity index (χ2n) is 8.07. The molecule has 0 saturated heterocycles. The van der Waals surface area contributed by atoms with Gasteiger partial charge in [0, 0.05) is 18.5 Å². The van der Waals surface area contributed by atoms with E-state index in [-0.39, 0.29) is 17.1 Å². The molecule has 5 nitrogen and oxygen atoms in total. The van der Waals surface area contributed by atoms with Gasteiger partial charge in [-0.2, -0.15) is 0 Å². The number of hydrogen-bond acceptors (Lipinski definition) is 3. The zero-order valence-corrected chi connectivity index (χ0v) is 14.2. The van der Waals surface area contributed by atoms with Crippen molar-refractivity contribution in [2.45, 2.75) is 71.8 Å². The maximum Gasteiger partial charge on any atom is 0.293 e. The van der Waals surface area contributed by atoms with Gasteiger partial charge >= 0.3 is 0 Å². The van der Waals surface area contributed by atoms with Crippen molar-refractivity contribution in [1.29, 1.82) is 0 Å². The second-order valence-corrected chi connectivity index (χ2v) is 8.07. The Bertz CT molecular complexity index is 503. The Labute approximate surface area is 127 Å². The summed E-state index contributed by atoms with van der Waals surface area (Å²) >= 11 is 0. The third-order valence-electron chi connectivity index (χ3n) is 4.56. The van der Waals surface area contributed by atoms with Crippen LogP contribution < -0.4 is 0 Å². The summed E-state index contributed by atoms with van der Waals surface area (Å²) in [5.74, 6) is 0.961. The fourth-order valence-electron chi connectivity index (χ4n) is 2.79. The van der Waals surface area contributed by atoms with Crippen molar-refractivity contribution in [1.82, 2.24) is 20.1 Å². The fourth-order valence-corrected chi connectivity index (χ4v) is 2.79. The van der Waals surface area contributed by atoms with E-state index in [0.717, 1.165) is 31.5 Å². The Morgan fingerprint density at radius 2 is 1.86 bits per heavy atom. The maximum atomic E-state index is 12.5. The summed E-state index contributed by atoms with van der Waals surface area (Å²) in [5, 5.41) is 6.99. The SMILES string of the molecule is CN(C(=O)c1n[nH]c(C(C)(C)C)n1)C1CCC(C)(C)CC1. The molecule has 1 aliphatic carbocycles. The van der Waals surface area contributed by atoms with Crippen LogP contribution in [-0.2, 0) is 5.41 Å².